The molecule has 3 aromatic rings. The topological polar surface area (TPSA) is 239 Å². The number of anilines is 1. The highest BCUT2D eigenvalue weighted by Crippen LogP contribution is 2.32. The van der Waals surface area contributed by atoms with Crippen LogP contribution in [0.15, 0.2) is 47.2 Å². The van der Waals surface area contributed by atoms with Gasteiger partial charge in [-0.2, -0.15) is 23.1 Å². The van der Waals surface area contributed by atoms with Crippen molar-refractivity contribution in [2.75, 3.05) is 25.5 Å². The van der Waals surface area contributed by atoms with Gasteiger partial charge in [-0.05, 0) is 37.6 Å². The van der Waals surface area contributed by atoms with Crippen molar-refractivity contribution < 1.29 is 41.7 Å². The number of aryl methyl sites for hydroxylation is 1. The number of oxime groups is 1. The number of benzene rings is 1. The van der Waals surface area contributed by atoms with Gasteiger partial charge in [-0.3, -0.25) is 18.8 Å². The number of carbonyl (C=O) groups excluding carboxylic acids is 4. The third-order valence-electron chi connectivity index (χ3n) is 6.18. The molecule has 1 fully saturated rings. The number of rotatable bonds is 14. The number of aromatic nitrogens is 3. The molecule has 230 valence electrons. The fourth-order valence-electron chi connectivity index (χ4n) is 4.11. The van der Waals surface area contributed by atoms with Crippen molar-refractivity contribution in [1.29, 1.82) is 0 Å². The number of amides is 1. The van der Waals surface area contributed by atoms with Crippen molar-refractivity contribution in [3.63, 3.8) is 0 Å². The lowest BCUT2D eigenvalue weighted by atomic mass is 9.86. The summed E-state index contributed by atoms with van der Waals surface area (Å²) in [5.74, 6) is -1.80. The Morgan fingerprint density at radius 1 is 1.21 bits per heavy atom. The molecule has 1 aliphatic rings. The van der Waals surface area contributed by atoms with E-state index in [1.165, 1.54) is 12.3 Å². The Morgan fingerprint density at radius 3 is 2.49 bits per heavy atom. The van der Waals surface area contributed by atoms with Gasteiger partial charge >= 0.3 is 16.5 Å². The van der Waals surface area contributed by atoms with Gasteiger partial charge in [0.15, 0.2) is 23.2 Å². The number of nitrogen functional groups attached to an aromatic ring is 1. The lowest BCUT2D eigenvalue weighted by Crippen LogP contribution is -2.62. The van der Waals surface area contributed by atoms with Gasteiger partial charge < -0.3 is 21.0 Å². The zero-order valence-corrected chi connectivity index (χ0v) is 24.5. The Labute approximate surface area is 250 Å². The van der Waals surface area contributed by atoms with Crippen molar-refractivity contribution in [1.82, 2.24) is 19.1 Å². The standard InChI is InChI=1S/C24H29N7O7S2.CO2/c1-15-19(23(33)31(15)40(34,35)36)11-21(32)22(20-14-39-24(26)28-20)29-38-10-9-37-18-5-3-16(4-6-18)17-12-27-30(13-17)8-2-7-25;2-1-3/h3-6,12-15,19H,2,7-11,25H2,1H3,(H2,26,28)(H,34,35,36);/b29-22-;/t15-,19+;/m1./s1. The van der Waals surface area contributed by atoms with Gasteiger partial charge in [-0.15, -0.1) is 11.3 Å². The first-order valence-electron chi connectivity index (χ1n) is 12.7. The highest BCUT2D eigenvalue weighted by atomic mass is 32.2. The van der Waals surface area contributed by atoms with Crippen LogP contribution in [-0.4, -0.2) is 81.4 Å². The average molecular weight is 636 g/mol. The fraction of sp³-hybridized carbons (Fsp3) is 0.360. The van der Waals surface area contributed by atoms with E-state index in [-0.39, 0.29) is 42.3 Å². The molecule has 0 bridgehead atoms. The number of hydrogen-bond acceptors (Lipinski definition) is 14. The summed E-state index contributed by atoms with van der Waals surface area (Å²) in [4.78, 5) is 50.8. The summed E-state index contributed by atoms with van der Waals surface area (Å²) in [5.41, 5.74) is 13.2. The monoisotopic (exact) mass is 635 g/mol. The minimum absolute atomic E-state index is 0.00135. The maximum absolute atomic E-state index is 13.0. The highest BCUT2D eigenvalue weighted by Gasteiger charge is 2.51. The molecule has 0 aliphatic carbocycles. The maximum Gasteiger partial charge on any atom is 0.373 e. The largest absolute Gasteiger partial charge is 0.490 e. The highest BCUT2D eigenvalue weighted by molar-refractivity contribution is 7.84. The van der Waals surface area contributed by atoms with E-state index in [1.54, 1.807) is 6.20 Å². The SMILES string of the molecule is C[C@@H]1[C@H](CC(=O)/C(=N\OCCOc2ccc(-c3cnn(CCCN)c3)cc2)c2csc(N)n2)C(=O)N1S(=O)(=O)O.O=C=O. The van der Waals surface area contributed by atoms with E-state index in [2.05, 4.69) is 15.2 Å². The van der Waals surface area contributed by atoms with Gasteiger partial charge in [0.1, 0.15) is 18.1 Å². The number of ether oxygens (including phenoxy) is 1. The number of carbonyl (C=O) groups is 2. The van der Waals surface area contributed by atoms with Crippen molar-refractivity contribution in [2.24, 2.45) is 16.8 Å². The van der Waals surface area contributed by atoms with E-state index in [0.717, 1.165) is 35.4 Å². The van der Waals surface area contributed by atoms with E-state index < -0.39 is 34.0 Å². The Hall–Kier alpha value is -4.48. The lowest BCUT2D eigenvalue weighted by Gasteiger charge is -2.41. The second-order valence-electron chi connectivity index (χ2n) is 9.02. The zero-order chi connectivity index (χ0) is 31.6. The Balaban J connectivity index is 0.00000162. The summed E-state index contributed by atoms with van der Waals surface area (Å²) >= 11 is 1.09. The van der Waals surface area contributed by atoms with Crippen molar-refractivity contribution in [2.45, 2.75) is 32.4 Å². The maximum atomic E-state index is 13.0. The zero-order valence-electron chi connectivity index (χ0n) is 22.9. The van der Waals surface area contributed by atoms with Crippen LogP contribution in [0.4, 0.5) is 5.13 Å². The molecule has 0 spiro atoms. The van der Waals surface area contributed by atoms with Crippen molar-refractivity contribution in [3.05, 3.63) is 47.7 Å². The van der Waals surface area contributed by atoms with Crippen molar-refractivity contribution >= 4 is 50.3 Å². The van der Waals surface area contributed by atoms with Gasteiger partial charge in [0, 0.05) is 30.1 Å². The summed E-state index contributed by atoms with van der Waals surface area (Å²) in [5, 5.41) is 9.97. The number of thiazole rings is 1. The molecule has 0 saturated carbocycles. The predicted octanol–water partition coefficient (Wildman–Crippen LogP) is 0.763. The van der Waals surface area contributed by atoms with Crippen LogP contribution < -0.4 is 16.2 Å². The van der Waals surface area contributed by atoms with Crippen LogP contribution in [0.2, 0.25) is 0 Å². The summed E-state index contributed by atoms with van der Waals surface area (Å²) < 4.78 is 39.7. The average Bonchev–Trinajstić information content (AvgIpc) is 3.61. The molecule has 16 nitrogen and oxygen atoms in total. The third-order valence-corrected chi connectivity index (χ3v) is 7.86. The van der Waals surface area contributed by atoms with E-state index in [9.17, 15) is 18.0 Å². The van der Waals surface area contributed by atoms with Crippen LogP contribution in [0.5, 0.6) is 5.75 Å². The van der Waals surface area contributed by atoms with E-state index >= 15 is 0 Å². The number of nitrogens with two attached hydrogens (primary N) is 2. The molecule has 5 N–H and O–H groups in total. The van der Waals surface area contributed by atoms with Crippen molar-refractivity contribution in [3.8, 4) is 16.9 Å². The number of ketones is 1. The molecular formula is C25H29N7O9S2. The first kappa shape index (κ1) is 33.0. The molecular weight excluding hydrogens is 606 g/mol. The van der Waals surface area contributed by atoms with Crippen LogP contribution in [0.25, 0.3) is 11.1 Å². The predicted molar refractivity (Wildman–Crippen MR) is 152 cm³/mol. The number of nitrogens with zero attached hydrogens (tertiary/aromatic N) is 5. The summed E-state index contributed by atoms with van der Waals surface area (Å²) in [6.07, 6.45) is 4.50. The Morgan fingerprint density at radius 2 is 1.91 bits per heavy atom. The first-order chi connectivity index (χ1) is 20.5. The van der Waals surface area contributed by atoms with Gasteiger partial charge in [-0.1, -0.05) is 17.3 Å². The van der Waals surface area contributed by atoms with Gasteiger partial charge in [0.2, 0.25) is 5.91 Å². The molecule has 0 radical (unpaired) electrons. The third kappa shape index (κ3) is 8.76. The quantitative estimate of drug-likeness (QED) is 0.0730. The smallest absolute Gasteiger partial charge is 0.373 e. The number of hydrogen-bond donors (Lipinski definition) is 3. The molecule has 18 heteroatoms. The normalized spacial score (nSPS) is 16.5. The molecule has 0 unspecified atom stereocenters. The van der Waals surface area contributed by atoms with Gasteiger partial charge in [0.05, 0.1) is 18.2 Å². The number of β-lactam (4-membered cyclic amide) rings is 1. The molecule has 1 amide bonds. The molecule has 1 aliphatic heterocycles. The summed E-state index contributed by atoms with van der Waals surface area (Å²) in [7, 11) is -4.70. The molecule has 1 aromatic carbocycles. The Kier molecular flexibility index (Phi) is 11.6. The summed E-state index contributed by atoms with van der Waals surface area (Å²) in [6, 6.07) is 6.56. The fourth-order valence-corrected chi connectivity index (χ4v) is 5.58. The Bertz CT molecular complexity index is 1580. The van der Waals surface area contributed by atoms with Crippen LogP contribution in [0, 0.1) is 5.92 Å². The minimum Gasteiger partial charge on any atom is -0.490 e. The minimum atomic E-state index is -4.70. The molecule has 3 heterocycles. The van der Waals surface area contributed by atoms with E-state index in [0.29, 0.717) is 16.6 Å². The van der Waals surface area contributed by atoms with E-state index in [1.807, 2.05) is 35.1 Å². The molecule has 1 saturated heterocycles. The lowest BCUT2D eigenvalue weighted by molar-refractivity contribution is -0.191. The van der Waals surface area contributed by atoms with Gasteiger partial charge in [0.25, 0.3) is 0 Å². The van der Waals surface area contributed by atoms with E-state index in [4.69, 9.17) is 35.2 Å². The second-order valence-corrected chi connectivity index (χ2v) is 11.2. The number of Topliss-reactive ketones (excluding diaryl/α,β-unsaturated/α-hetero) is 1. The van der Waals surface area contributed by atoms with Crippen LogP contribution >= 0.6 is 11.3 Å². The molecule has 43 heavy (non-hydrogen) atoms. The van der Waals surface area contributed by atoms with Crippen LogP contribution in [0.3, 0.4) is 0 Å². The summed E-state index contributed by atoms with van der Waals surface area (Å²) in [6.45, 7) is 2.91. The van der Waals surface area contributed by atoms with Crippen LogP contribution in [0.1, 0.15) is 25.5 Å². The second kappa shape index (κ2) is 15.1. The van der Waals surface area contributed by atoms with Crippen LogP contribution in [-0.2, 0) is 40.9 Å². The first-order valence-corrected chi connectivity index (χ1v) is 15.0. The molecule has 2 atom stereocenters. The molecule has 2 aromatic heterocycles. The van der Waals surface area contributed by atoms with Gasteiger partial charge in [-0.25, -0.2) is 9.29 Å². The molecule has 4 rings (SSSR count).